The van der Waals surface area contributed by atoms with E-state index < -0.39 is 0 Å². The Balaban J connectivity index is 3.89. The van der Waals surface area contributed by atoms with Gasteiger partial charge >= 0.3 is 0 Å². The Bertz CT molecular complexity index is 155. The lowest BCUT2D eigenvalue weighted by Gasteiger charge is -2.28. The van der Waals surface area contributed by atoms with Gasteiger partial charge in [0, 0.05) is 0 Å². The zero-order valence-corrected chi connectivity index (χ0v) is 12.3. The third-order valence-corrected chi connectivity index (χ3v) is 3.67. The first kappa shape index (κ1) is 16.0. The first-order valence-electron chi connectivity index (χ1n) is 7.24. The zero-order valence-electron chi connectivity index (χ0n) is 12.3. The van der Waals surface area contributed by atoms with Crippen LogP contribution in [0, 0.1) is 24.2 Å². The second kappa shape index (κ2) is 8.14. The summed E-state index contributed by atoms with van der Waals surface area (Å²) < 4.78 is 0. The van der Waals surface area contributed by atoms with Gasteiger partial charge in [-0.2, -0.15) is 0 Å². The summed E-state index contributed by atoms with van der Waals surface area (Å²) in [5.74, 6) is 1.55. The standard InChI is InChI=1S/C16H33/c1-7-9-10-15(8-2)11-12-16(5,6)13-14(3)4/h14-15H,3,7-13H2,1-2,4-6H3. The predicted octanol–water partition coefficient (Wildman–Crippen LogP) is 5.87. The summed E-state index contributed by atoms with van der Waals surface area (Å²) in [6.45, 7) is 15.8. The van der Waals surface area contributed by atoms with Crippen LogP contribution in [0.3, 0.4) is 0 Å². The van der Waals surface area contributed by atoms with E-state index in [1.807, 2.05) is 0 Å². The van der Waals surface area contributed by atoms with Crippen molar-refractivity contribution in [1.82, 2.24) is 0 Å². The number of rotatable bonds is 9. The van der Waals surface area contributed by atoms with E-state index in [4.69, 9.17) is 0 Å². The van der Waals surface area contributed by atoms with Crippen molar-refractivity contribution in [3.05, 3.63) is 6.92 Å². The van der Waals surface area contributed by atoms with Gasteiger partial charge in [0.05, 0.1) is 0 Å². The van der Waals surface area contributed by atoms with Gasteiger partial charge in [0.25, 0.3) is 0 Å². The molecule has 0 saturated carbocycles. The average Bonchev–Trinajstić information content (AvgIpc) is 2.16. The molecule has 97 valence electrons. The molecule has 0 spiro atoms. The Morgan fingerprint density at radius 2 is 1.75 bits per heavy atom. The van der Waals surface area contributed by atoms with E-state index in [0.29, 0.717) is 11.3 Å². The Kier molecular flexibility index (Phi) is 8.14. The van der Waals surface area contributed by atoms with Crippen LogP contribution in [0.1, 0.15) is 79.6 Å². The summed E-state index contributed by atoms with van der Waals surface area (Å²) in [5, 5.41) is 0. The van der Waals surface area contributed by atoms with Gasteiger partial charge < -0.3 is 0 Å². The second-order valence-electron chi connectivity index (χ2n) is 6.43. The van der Waals surface area contributed by atoms with Crippen LogP contribution in [0.15, 0.2) is 0 Å². The quantitative estimate of drug-likeness (QED) is 0.460. The lowest BCUT2D eigenvalue weighted by Crippen LogP contribution is -2.16. The maximum absolute atomic E-state index is 4.12. The van der Waals surface area contributed by atoms with Gasteiger partial charge in [0.15, 0.2) is 0 Å². The topological polar surface area (TPSA) is 0 Å². The van der Waals surface area contributed by atoms with Crippen molar-refractivity contribution in [3.8, 4) is 0 Å². The molecule has 0 amide bonds. The van der Waals surface area contributed by atoms with E-state index in [2.05, 4.69) is 41.5 Å². The molecule has 0 heteroatoms. The lowest BCUT2D eigenvalue weighted by atomic mass is 9.77. The van der Waals surface area contributed by atoms with Crippen LogP contribution >= 0.6 is 0 Å². The van der Waals surface area contributed by atoms with E-state index in [9.17, 15) is 0 Å². The summed E-state index contributed by atoms with van der Waals surface area (Å²) in [6, 6.07) is 0. The van der Waals surface area contributed by atoms with E-state index in [1.54, 1.807) is 0 Å². The molecule has 0 aromatic carbocycles. The van der Waals surface area contributed by atoms with E-state index in [0.717, 1.165) is 5.92 Å². The van der Waals surface area contributed by atoms with Crippen molar-refractivity contribution in [2.24, 2.45) is 17.3 Å². The SMILES string of the molecule is [CH2]C(C)CC(C)(C)CCC(CC)CCCC. The lowest BCUT2D eigenvalue weighted by molar-refractivity contribution is 0.241. The van der Waals surface area contributed by atoms with Crippen molar-refractivity contribution in [2.45, 2.75) is 79.6 Å². The van der Waals surface area contributed by atoms with Crippen LogP contribution in [0.5, 0.6) is 0 Å². The molecule has 0 fully saturated rings. The monoisotopic (exact) mass is 225 g/mol. The highest BCUT2D eigenvalue weighted by molar-refractivity contribution is 4.74. The normalized spacial score (nSPS) is 14.4. The maximum Gasteiger partial charge on any atom is -0.0352 e. The predicted molar refractivity (Wildman–Crippen MR) is 75.5 cm³/mol. The molecule has 0 N–H and O–H groups in total. The molecule has 0 aliphatic heterocycles. The van der Waals surface area contributed by atoms with Crippen molar-refractivity contribution >= 4 is 0 Å². The first-order valence-corrected chi connectivity index (χ1v) is 7.24. The highest BCUT2D eigenvalue weighted by Crippen LogP contribution is 2.33. The second-order valence-corrected chi connectivity index (χ2v) is 6.43. The minimum atomic E-state index is 0.487. The van der Waals surface area contributed by atoms with Crippen LogP contribution in [-0.2, 0) is 0 Å². The number of hydrogen-bond donors (Lipinski definition) is 0. The Morgan fingerprint density at radius 3 is 2.19 bits per heavy atom. The Labute approximate surface area is 104 Å². The molecule has 16 heavy (non-hydrogen) atoms. The third kappa shape index (κ3) is 8.19. The fourth-order valence-electron chi connectivity index (χ4n) is 2.69. The van der Waals surface area contributed by atoms with Crippen molar-refractivity contribution < 1.29 is 0 Å². The molecule has 0 heterocycles. The molecule has 2 unspecified atom stereocenters. The number of hydrogen-bond acceptors (Lipinski definition) is 0. The van der Waals surface area contributed by atoms with E-state index in [-0.39, 0.29) is 0 Å². The van der Waals surface area contributed by atoms with Gasteiger partial charge in [0.1, 0.15) is 0 Å². The molecule has 0 bridgehead atoms. The molecular weight excluding hydrogens is 192 g/mol. The van der Waals surface area contributed by atoms with Crippen molar-refractivity contribution in [3.63, 3.8) is 0 Å². The van der Waals surface area contributed by atoms with Gasteiger partial charge in [-0.15, -0.1) is 0 Å². The maximum atomic E-state index is 4.12. The number of unbranched alkanes of at least 4 members (excludes halogenated alkanes) is 1. The minimum Gasteiger partial charge on any atom is -0.0654 e. The van der Waals surface area contributed by atoms with E-state index >= 15 is 0 Å². The smallest absolute Gasteiger partial charge is 0.0352 e. The molecule has 2 atom stereocenters. The van der Waals surface area contributed by atoms with Crippen LogP contribution in [0.2, 0.25) is 0 Å². The molecule has 0 aromatic rings. The van der Waals surface area contributed by atoms with E-state index in [1.165, 1.54) is 44.9 Å². The molecule has 1 radical (unpaired) electrons. The van der Waals surface area contributed by atoms with Gasteiger partial charge in [-0.05, 0) is 36.5 Å². The van der Waals surface area contributed by atoms with Gasteiger partial charge in [-0.3, -0.25) is 0 Å². The minimum absolute atomic E-state index is 0.487. The molecule has 0 aromatic heterocycles. The molecular formula is C16H33. The summed E-state index contributed by atoms with van der Waals surface area (Å²) >= 11 is 0. The first-order chi connectivity index (χ1) is 7.41. The van der Waals surface area contributed by atoms with Crippen LogP contribution in [0.25, 0.3) is 0 Å². The zero-order chi connectivity index (χ0) is 12.6. The highest BCUT2D eigenvalue weighted by atomic mass is 14.3. The van der Waals surface area contributed by atoms with Gasteiger partial charge in [-0.1, -0.05) is 67.2 Å². The molecule has 0 aliphatic rings. The van der Waals surface area contributed by atoms with Crippen LogP contribution < -0.4 is 0 Å². The fraction of sp³-hybridized carbons (Fsp3) is 0.938. The van der Waals surface area contributed by atoms with Crippen molar-refractivity contribution in [1.29, 1.82) is 0 Å². The van der Waals surface area contributed by atoms with Crippen molar-refractivity contribution in [2.75, 3.05) is 0 Å². The van der Waals surface area contributed by atoms with Crippen LogP contribution in [-0.4, -0.2) is 0 Å². The average molecular weight is 225 g/mol. The molecule has 0 aliphatic carbocycles. The summed E-state index contributed by atoms with van der Waals surface area (Å²) in [4.78, 5) is 0. The fourth-order valence-corrected chi connectivity index (χ4v) is 2.69. The van der Waals surface area contributed by atoms with Crippen LogP contribution in [0.4, 0.5) is 0 Å². The third-order valence-electron chi connectivity index (χ3n) is 3.67. The summed E-state index contributed by atoms with van der Waals surface area (Å²) in [7, 11) is 0. The Morgan fingerprint density at radius 1 is 1.12 bits per heavy atom. The van der Waals surface area contributed by atoms with Gasteiger partial charge in [0.2, 0.25) is 0 Å². The largest absolute Gasteiger partial charge is 0.0654 e. The Hall–Kier alpha value is 0. The van der Waals surface area contributed by atoms with Gasteiger partial charge in [-0.25, -0.2) is 0 Å². The molecule has 0 rings (SSSR count). The summed E-state index contributed by atoms with van der Waals surface area (Å²) in [6.07, 6.45) is 9.59. The molecule has 0 nitrogen and oxygen atoms in total. The molecule has 0 saturated heterocycles. The summed E-state index contributed by atoms with van der Waals surface area (Å²) in [5.41, 5.74) is 0.487. The highest BCUT2D eigenvalue weighted by Gasteiger charge is 2.20.